The number of likely N-dealkylation sites (N-methyl/N-ethyl adjacent to an activating group) is 1. The number of alkyl carbamates (subject to hydrolysis) is 1. The fraction of sp³-hybridized carbons (Fsp3) is 0.941. The third-order valence-electron chi connectivity index (χ3n) is 4.14. The maximum Gasteiger partial charge on any atom is 0.407 e. The van der Waals surface area contributed by atoms with Crippen LogP contribution in [0.2, 0.25) is 0 Å². The molecule has 1 aliphatic heterocycles. The lowest BCUT2D eigenvalue weighted by Crippen LogP contribution is -2.47. The number of rotatable bonds is 6. The van der Waals surface area contributed by atoms with E-state index in [-0.39, 0.29) is 6.09 Å². The zero-order chi connectivity index (χ0) is 16.8. The summed E-state index contributed by atoms with van der Waals surface area (Å²) in [6.45, 7) is 14.0. The molecule has 0 bridgehead atoms. The SMILES string of the molecule is CC(C)C(CNC(=O)OC(C)(C)C)CNC1CCCN(C)C1. The van der Waals surface area contributed by atoms with Gasteiger partial charge in [0.25, 0.3) is 0 Å². The van der Waals surface area contributed by atoms with Gasteiger partial charge in [0.05, 0.1) is 0 Å². The van der Waals surface area contributed by atoms with Gasteiger partial charge in [-0.2, -0.15) is 0 Å². The molecule has 0 radical (unpaired) electrons. The average Bonchev–Trinajstić information content (AvgIpc) is 2.36. The Morgan fingerprint density at radius 2 is 2.00 bits per heavy atom. The highest BCUT2D eigenvalue weighted by Gasteiger charge is 2.21. The van der Waals surface area contributed by atoms with Gasteiger partial charge in [-0.3, -0.25) is 0 Å². The first-order valence-electron chi connectivity index (χ1n) is 8.56. The number of amides is 1. The molecule has 2 N–H and O–H groups in total. The topological polar surface area (TPSA) is 53.6 Å². The summed E-state index contributed by atoms with van der Waals surface area (Å²) in [4.78, 5) is 14.2. The van der Waals surface area contributed by atoms with E-state index in [1.165, 1.54) is 19.4 Å². The van der Waals surface area contributed by atoms with Gasteiger partial charge < -0.3 is 20.3 Å². The van der Waals surface area contributed by atoms with E-state index < -0.39 is 5.60 Å². The van der Waals surface area contributed by atoms with E-state index in [9.17, 15) is 4.79 Å². The molecule has 1 rings (SSSR count). The highest BCUT2D eigenvalue weighted by atomic mass is 16.6. The van der Waals surface area contributed by atoms with Crippen LogP contribution in [0.1, 0.15) is 47.5 Å². The quantitative estimate of drug-likeness (QED) is 0.791. The molecule has 2 unspecified atom stereocenters. The minimum absolute atomic E-state index is 0.324. The first-order valence-corrected chi connectivity index (χ1v) is 8.56. The van der Waals surface area contributed by atoms with Crippen LogP contribution in [-0.4, -0.2) is 55.9 Å². The van der Waals surface area contributed by atoms with E-state index >= 15 is 0 Å². The fourth-order valence-corrected chi connectivity index (χ4v) is 2.72. The van der Waals surface area contributed by atoms with Crippen LogP contribution in [0.3, 0.4) is 0 Å². The molecule has 1 heterocycles. The Balaban J connectivity index is 2.34. The molecule has 0 aliphatic carbocycles. The van der Waals surface area contributed by atoms with Crippen molar-refractivity contribution >= 4 is 6.09 Å². The Morgan fingerprint density at radius 1 is 1.32 bits per heavy atom. The molecule has 5 nitrogen and oxygen atoms in total. The second kappa shape index (κ2) is 8.73. The molecule has 0 aromatic rings. The minimum atomic E-state index is -0.442. The Kier molecular flexibility index (Phi) is 7.63. The fourth-order valence-electron chi connectivity index (χ4n) is 2.72. The molecule has 0 aromatic carbocycles. The standard InChI is InChI=1S/C17H35N3O2/c1-13(2)14(11-19-16(21)22-17(3,4)5)10-18-15-8-7-9-20(6)12-15/h13-15,18H,7-12H2,1-6H3,(H,19,21). The monoisotopic (exact) mass is 313 g/mol. The van der Waals surface area contributed by atoms with Gasteiger partial charge in [0.15, 0.2) is 0 Å². The number of likely N-dealkylation sites (tertiary alicyclic amines) is 1. The highest BCUT2D eigenvalue weighted by Crippen LogP contribution is 2.13. The highest BCUT2D eigenvalue weighted by molar-refractivity contribution is 5.67. The normalized spacial score (nSPS) is 21.7. The second-order valence-electron chi connectivity index (χ2n) is 7.90. The van der Waals surface area contributed by atoms with Crippen LogP contribution < -0.4 is 10.6 Å². The van der Waals surface area contributed by atoms with E-state index in [1.807, 2.05) is 20.8 Å². The zero-order valence-corrected chi connectivity index (χ0v) is 15.2. The Labute approximate surface area is 136 Å². The van der Waals surface area contributed by atoms with Crippen molar-refractivity contribution in [3.8, 4) is 0 Å². The maximum atomic E-state index is 11.8. The van der Waals surface area contributed by atoms with E-state index in [1.54, 1.807) is 0 Å². The third-order valence-corrected chi connectivity index (χ3v) is 4.14. The number of piperidine rings is 1. The summed E-state index contributed by atoms with van der Waals surface area (Å²) < 4.78 is 5.30. The number of nitrogens with one attached hydrogen (secondary N) is 2. The predicted molar refractivity (Wildman–Crippen MR) is 91.1 cm³/mol. The Hall–Kier alpha value is -0.810. The predicted octanol–water partition coefficient (Wildman–Crippen LogP) is 2.47. The van der Waals surface area contributed by atoms with Gasteiger partial charge in [-0.1, -0.05) is 13.8 Å². The molecule has 22 heavy (non-hydrogen) atoms. The molecule has 0 aromatic heterocycles. The molecular weight excluding hydrogens is 278 g/mol. The molecule has 0 spiro atoms. The van der Waals surface area contributed by atoms with Crippen molar-refractivity contribution in [2.24, 2.45) is 11.8 Å². The van der Waals surface area contributed by atoms with Crippen molar-refractivity contribution in [2.45, 2.75) is 59.1 Å². The minimum Gasteiger partial charge on any atom is -0.444 e. The van der Waals surface area contributed by atoms with E-state index in [0.717, 1.165) is 13.1 Å². The summed E-state index contributed by atoms with van der Waals surface area (Å²) in [7, 11) is 2.18. The molecule has 5 heteroatoms. The first-order chi connectivity index (χ1) is 10.2. The largest absolute Gasteiger partial charge is 0.444 e. The number of ether oxygens (including phenoxy) is 1. The van der Waals surface area contributed by atoms with Crippen LogP contribution in [0.4, 0.5) is 4.79 Å². The van der Waals surface area contributed by atoms with E-state index in [0.29, 0.717) is 24.4 Å². The molecule has 1 fully saturated rings. The molecule has 2 atom stereocenters. The van der Waals surface area contributed by atoms with Crippen molar-refractivity contribution in [1.82, 2.24) is 15.5 Å². The smallest absolute Gasteiger partial charge is 0.407 e. The number of nitrogens with zero attached hydrogens (tertiary/aromatic N) is 1. The Bertz CT molecular complexity index is 339. The van der Waals surface area contributed by atoms with Crippen molar-refractivity contribution in [2.75, 3.05) is 33.2 Å². The van der Waals surface area contributed by atoms with Crippen LogP contribution in [0, 0.1) is 11.8 Å². The Morgan fingerprint density at radius 3 is 2.55 bits per heavy atom. The first kappa shape index (κ1) is 19.2. The average molecular weight is 313 g/mol. The summed E-state index contributed by atoms with van der Waals surface area (Å²) in [5.74, 6) is 0.934. The van der Waals surface area contributed by atoms with Gasteiger partial charge in [0.1, 0.15) is 5.60 Å². The van der Waals surface area contributed by atoms with Crippen molar-refractivity contribution in [3.63, 3.8) is 0 Å². The third kappa shape index (κ3) is 7.99. The number of carbonyl (C=O) groups is 1. The zero-order valence-electron chi connectivity index (χ0n) is 15.2. The van der Waals surface area contributed by atoms with Crippen molar-refractivity contribution < 1.29 is 9.53 Å². The summed E-state index contributed by atoms with van der Waals surface area (Å²) in [5.41, 5.74) is -0.442. The molecular formula is C17H35N3O2. The van der Waals surface area contributed by atoms with Crippen LogP contribution in [0.5, 0.6) is 0 Å². The van der Waals surface area contributed by atoms with Gasteiger partial charge in [-0.15, -0.1) is 0 Å². The van der Waals surface area contributed by atoms with Crippen molar-refractivity contribution in [1.29, 1.82) is 0 Å². The van der Waals surface area contributed by atoms with Crippen LogP contribution in [-0.2, 0) is 4.74 Å². The lowest BCUT2D eigenvalue weighted by Gasteiger charge is -2.32. The summed E-state index contributed by atoms with van der Waals surface area (Å²) >= 11 is 0. The number of hydrogen-bond donors (Lipinski definition) is 2. The van der Waals surface area contributed by atoms with Crippen LogP contribution in [0.25, 0.3) is 0 Å². The van der Waals surface area contributed by atoms with Gasteiger partial charge >= 0.3 is 6.09 Å². The summed E-state index contributed by atoms with van der Waals surface area (Å²) in [5, 5.41) is 6.58. The summed E-state index contributed by atoms with van der Waals surface area (Å²) in [6.07, 6.45) is 2.18. The van der Waals surface area contributed by atoms with Gasteiger partial charge in [0, 0.05) is 25.7 Å². The maximum absolute atomic E-state index is 11.8. The van der Waals surface area contributed by atoms with Gasteiger partial charge in [-0.05, 0) is 59.0 Å². The molecule has 130 valence electrons. The van der Waals surface area contributed by atoms with E-state index in [4.69, 9.17) is 4.74 Å². The van der Waals surface area contributed by atoms with Gasteiger partial charge in [0.2, 0.25) is 0 Å². The number of carbonyl (C=O) groups excluding carboxylic acids is 1. The van der Waals surface area contributed by atoms with E-state index in [2.05, 4.69) is 36.4 Å². The van der Waals surface area contributed by atoms with Crippen molar-refractivity contribution in [3.05, 3.63) is 0 Å². The summed E-state index contributed by atoms with van der Waals surface area (Å²) in [6, 6.07) is 0.571. The molecule has 0 saturated carbocycles. The van der Waals surface area contributed by atoms with Gasteiger partial charge in [-0.25, -0.2) is 4.79 Å². The molecule has 1 aliphatic rings. The molecule has 1 saturated heterocycles. The number of hydrogen-bond acceptors (Lipinski definition) is 4. The van der Waals surface area contributed by atoms with Crippen LogP contribution >= 0.6 is 0 Å². The van der Waals surface area contributed by atoms with Crippen LogP contribution in [0.15, 0.2) is 0 Å². The molecule has 1 amide bonds. The second-order valence-corrected chi connectivity index (χ2v) is 7.90. The lowest BCUT2D eigenvalue weighted by atomic mass is 9.95. The lowest BCUT2D eigenvalue weighted by molar-refractivity contribution is 0.0514.